The van der Waals surface area contributed by atoms with Gasteiger partial charge in [0.15, 0.2) is 0 Å². The molecule has 0 atom stereocenters. The van der Waals surface area contributed by atoms with Gasteiger partial charge < -0.3 is 15.0 Å². The molecule has 0 aliphatic carbocycles. The van der Waals surface area contributed by atoms with Crippen molar-refractivity contribution in [2.24, 2.45) is 0 Å². The summed E-state index contributed by atoms with van der Waals surface area (Å²) in [6, 6.07) is 2.09. The summed E-state index contributed by atoms with van der Waals surface area (Å²) >= 11 is 0. The van der Waals surface area contributed by atoms with Gasteiger partial charge in [-0.15, -0.1) is 0 Å². The van der Waals surface area contributed by atoms with Crippen LogP contribution in [0.15, 0.2) is 12.1 Å². The van der Waals surface area contributed by atoms with Crippen molar-refractivity contribution in [2.75, 3.05) is 39.3 Å². The van der Waals surface area contributed by atoms with Gasteiger partial charge >= 0.3 is 6.09 Å². The zero-order chi connectivity index (χ0) is 22.5. The van der Waals surface area contributed by atoms with Crippen LogP contribution in [-0.2, 0) is 4.74 Å². The summed E-state index contributed by atoms with van der Waals surface area (Å²) in [7, 11) is 0. The summed E-state index contributed by atoms with van der Waals surface area (Å²) in [4.78, 5) is 38.4. The number of nitrogens with one attached hydrogen (secondary N) is 1. The third-order valence-corrected chi connectivity index (χ3v) is 4.74. The van der Waals surface area contributed by atoms with E-state index in [1.54, 1.807) is 4.90 Å². The molecule has 0 bridgehead atoms. The fraction of sp³-hybridized carbons (Fsp3) is 0.600. The second-order valence-electron chi connectivity index (χ2n) is 8.28. The number of carbonyl (C=O) groups excluding carboxylic acids is 2. The Morgan fingerprint density at radius 2 is 1.87 bits per heavy atom. The lowest BCUT2D eigenvalue weighted by Gasteiger charge is -2.35. The Labute approximate surface area is 175 Å². The van der Waals surface area contributed by atoms with Crippen LogP contribution in [0.25, 0.3) is 0 Å². The van der Waals surface area contributed by atoms with Crippen molar-refractivity contribution in [3.8, 4) is 0 Å². The van der Waals surface area contributed by atoms with Crippen LogP contribution in [0.3, 0.4) is 0 Å². The van der Waals surface area contributed by atoms with Crippen molar-refractivity contribution in [1.82, 2.24) is 15.1 Å². The number of amides is 2. The lowest BCUT2D eigenvalue weighted by Crippen LogP contribution is -2.50. The molecule has 1 aliphatic rings. The Morgan fingerprint density at radius 1 is 1.23 bits per heavy atom. The summed E-state index contributed by atoms with van der Waals surface area (Å²) in [5, 5.41) is 13.7. The molecular formula is C20H29FN4O5. The number of nitro benzene ring substituents is 1. The van der Waals surface area contributed by atoms with E-state index in [4.69, 9.17) is 4.74 Å². The third-order valence-electron chi connectivity index (χ3n) is 4.74. The summed E-state index contributed by atoms with van der Waals surface area (Å²) in [5.74, 6) is -1.33. The number of nitro groups is 1. The highest BCUT2D eigenvalue weighted by Gasteiger charge is 2.25. The predicted octanol–water partition coefficient (Wildman–Crippen LogP) is 2.71. The molecule has 1 aromatic rings. The maximum Gasteiger partial charge on any atom is 0.410 e. The van der Waals surface area contributed by atoms with Crippen LogP contribution in [0.1, 0.15) is 43.1 Å². The predicted molar refractivity (Wildman–Crippen MR) is 109 cm³/mol. The Morgan fingerprint density at radius 3 is 2.43 bits per heavy atom. The van der Waals surface area contributed by atoms with Crippen LogP contribution < -0.4 is 5.32 Å². The standard InChI is InChI=1S/C20H29FN4O5/c1-14-16(21)12-15(13-17(14)25(28)29)18(26)22-6-5-7-23-8-10-24(11-9-23)19(27)30-20(2,3)4/h12-13H,5-11H2,1-4H3,(H,22,26). The van der Waals surface area contributed by atoms with Crippen molar-refractivity contribution < 1.29 is 23.6 Å². The van der Waals surface area contributed by atoms with Crippen molar-refractivity contribution in [2.45, 2.75) is 39.7 Å². The van der Waals surface area contributed by atoms with Crippen LogP contribution in [0.2, 0.25) is 0 Å². The molecule has 166 valence electrons. The SMILES string of the molecule is Cc1c(F)cc(C(=O)NCCCN2CCN(C(=O)OC(C)(C)C)CC2)cc1[N+](=O)[O-]. The minimum atomic E-state index is -0.780. The second kappa shape index (κ2) is 9.84. The van der Waals surface area contributed by atoms with E-state index in [-0.39, 0.29) is 17.2 Å². The lowest BCUT2D eigenvalue weighted by molar-refractivity contribution is -0.385. The normalized spacial score (nSPS) is 15.0. The number of ether oxygens (including phenoxy) is 1. The van der Waals surface area contributed by atoms with Crippen LogP contribution >= 0.6 is 0 Å². The molecule has 0 aromatic heterocycles. The minimum Gasteiger partial charge on any atom is -0.444 e. The van der Waals surface area contributed by atoms with Crippen LogP contribution in [0, 0.1) is 22.9 Å². The number of rotatable bonds is 6. The molecule has 30 heavy (non-hydrogen) atoms. The monoisotopic (exact) mass is 424 g/mol. The van der Waals surface area contributed by atoms with Gasteiger partial charge in [-0.2, -0.15) is 0 Å². The molecule has 0 saturated carbocycles. The van der Waals surface area contributed by atoms with E-state index in [1.165, 1.54) is 6.92 Å². The van der Waals surface area contributed by atoms with E-state index in [0.29, 0.717) is 39.1 Å². The number of benzene rings is 1. The minimum absolute atomic E-state index is 0.0734. The van der Waals surface area contributed by atoms with E-state index in [1.807, 2.05) is 20.8 Å². The van der Waals surface area contributed by atoms with Gasteiger partial charge in [-0.1, -0.05) is 0 Å². The smallest absolute Gasteiger partial charge is 0.410 e. The van der Waals surface area contributed by atoms with E-state index in [2.05, 4.69) is 10.2 Å². The Bertz CT molecular complexity index is 801. The molecule has 1 aliphatic heterocycles. The first-order chi connectivity index (χ1) is 14.0. The topological polar surface area (TPSA) is 105 Å². The van der Waals surface area contributed by atoms with Crippen molar-refractivity contribution in [3.05, 3.63) is 39.2 Å². The maximum atomic E-state index is 13.8. The van der Waals surface area contributed by atoms with E-state index in [0.717, 1.165) is 18.7 Å². The van der Waals surface area contributed by atoms with Gasteiger partial charge in [0.05, 0.1) is 10.5 Å². The highest BCUT2D eigenvalue weighted by Crippen LogP contribution is 2.22. The van der Waals surface area contributed by atoms with Gasteiger partial charge in [-0.3, -0.25) is 19.8 Å². The average Bonchev–Trinajstić information content (AvgIpc) is 2.65. The van der Waals surface area contributed by atoms with Crippen LogP contribution in [0.5, 0.6) is 0 Å². The van der Waals surface area contributed by atoms with E-state index >= 15 is 0 Å². The summed E-state index contributed by atoms with van der Waals surface area (Å²) in [5.41, 5.74) is -1.10. The molecule has 2 amide bonds. The molecule has 1 heterocycles. The van der Waals surface area contributed by atoms with Gasteiger partial charge in [-0.05, 0) is 46.7 Å². The average molecular weight is 424 g/mol. The molecule has 2 rings (SSSR count). The number of piperazine rings is 1. The molecule has 0 radical (unpaired) electrons. The molecule has 1 fully saturated rings. The summed E-state index contributed by atoms with van der Waals surface area (Å²) < 4.78 is 19.2. The van der Waals surface area contributed by atoms with Gasteiger partial charge in [-0.25, -0.2) is 9.18 Å². The van der Waals surface area contributed by atoms with Crippen molar-refractivity contribution in [1.29, 1.82) is 0 Å². The molecule has 1 aromatic carbocycles. The number of nitrogens with zero attached hydrogens (tertiary/aromatic N) is 3. The number of hydrogen-bond donors (Lipinski definition) is 1. The molecule has 10 heteroatoms. The fourth-order valence-corrected chi connectivity index (χ4v) is 3.07. The van der Waals surface area contributed by atoms with Crippen LogP contribution in [-0.4, -0.2) is 71.6 Å². The first-order valence-corrected chi connectivity index (χ1v) is 9.91. The van der Waals surface area contributed by atoms with Crippen LogP contribution in [0.4, 0.5) is 14.9 Å². The molecule has 1 N–H and O–H groups in total. The highest BCUT2D eigenvalue weighted by atomic mass is 19.1. The summed E-state index contributed by atoms with van der Waals surface area (Å²) in [6.07, 6.45) is 0.350. The molecule has 9 nitrogen and oxygen atoms in total. The van der Waals surface area contributed by atoms with Gasteiger partial charge in [0, 0.05) is 44.4 Å². The Hall–Kier alpha value is -2.75. The highest BCUT2D eigenvalue weighted by molar-refractivity contribution is 5.95. The van der Waals surface area contributed by atoms with E-state index < -0.39 is 27.9 Å². The Kier molecular flexibility index (Phi) is 7.71. The fourth-order valence-electron chi connectivity index (χ4n) is 3.07. The largest absolute Gasteiger partial charge is 0.444 e. The number of hydrogen-bond acceptors (Lipinski definition) is 6. The third kappa shape index (κ3) is 6.65. The van der Waals surface area contributed by atoms with Crippen molar-refractivity contribution >= 4 is 17.7 Å². The molecular weight excluding hydrogens is 395 g/mol. The zero-order valence-electron chi connectivity index (χ0n) is 17.9. The second-order valence-corrected chi connectivity index (χ2v) is 8.28. The van der Waals surface area contributed by atoms with Crippen molar-refractivity contribution in [3.63, 3.8) is 0 Å². The Balaban J connectivity index is 1.74. The number of halogens is 1. The zero-order valence-corrected chi connectivity index (χ0v) is 17.9. The first-order valence-electron chi connectivity index (χ1n) is 9.91. The maximum absolute atomic E-state index is 13.8. The lowest BCUT2D eigenvalue weighted by atomic mass is 10.1. The molecule has 1 saturated heterocycles. The van der Waals surface area contributed by atoms with Gasteiger partial charge in [0.2, 0.25) is 0 Å². The van der Waals surface area contributed by atoms with Gasteiger partial charge in [0.25, 0.3) is 11.6 Å². The molecule has 0 unspecified atom stereocenters. The number of carbonyl (C=O) groups is 2. The summed E-state index contributed by atoms with van der Waals surface area (Å²) in [6.45, 7) is 10.5. The quantitative estimate of drug-likeness (QED) is 0.428. The first kappa shape index (κ1) is 23.5. The van der Waals surface area contributed by atoms with E-state index in [9.17, 15) is 24.1 Å². The molecule has 0 spiro atoms. The van der Waals surface area contributed by atoms with Gasteiger partial charge in [0.1, 0.15) is 11.4 Å².